The smallest absolute Gasteiger partial charge is 0.327 e. The summed E-state index contributed by atoms with van der Waals surface area (Å²) in [6.45, 7) is 1.02. The normalized spacial score (nSPS) is 16.8. The summed E-state index contributed by atoms with van der Waals surface area (Å²) in [6.07, 6.45) is 2.33. The van der Waals surface area contributed by atoms with E-state index >= 15 is 0 Å². The van der Waals surface area contributed by atoms with E-state index in [4.69, 9.17) is 32.9 Å². The van der Waals surface area contributed by atoms with Gasteiger partial charge in [-0.05, 0) is 41.5 Å². The molecule has 0 saturated carbocycles. The summed E-state index contributed by atoms with van der Waals surface area (Å²) in [4.78, 5) is 27.2. The van der Waals surface area contributed by atoms with Crippen LogP contribution in [0, 0.1) is 5.82 Å². The Morgan fingerprint density at radius 3 is 2.56 bits per heavy atom. The number of benzene rings is 3. The van der Waals surface area contributed by atoms with E-state index in [1.54, 1.807) is 35.3 Å². The van der Waals surface area contributed by atoms with Crippen LogP contribution in [0.15, 0.2) is 79.7 Å². The van der Waals surface area contributed by atoms with Crippen molar-refractivity contribution in [1.29, 1.82) is 0 Å². The number of nitrogens with zero attached hydrogens (tertiary/aromatic N) is 3. The number of halogens is 6. The van der Waals surface area contributed by atoms with Crippen molar-refractivity contribution in [2.75, 3.05) is 6.61 Å². The van der Waals surface area contributed by atoms with E-state index in [2.05, 4.69) is 26.4 Å². The van der Waals surface area contributed by atoms with E-state index in [0.29, 0.717) is 35.9 Å². The van der Waals surface area contributed by atoms with Crippen LogP contribution in [0.1, 0.15) is 27.9 Å². The molecule has 3 N–H and O–H groups in total. The fraction of sp³-hybridized carbons (Fsp3) is 0.179. The van der Waals surface area contributed by atoms with Gasteiger partial charge in [0.25, 0.3) is 5.91 Å². The summed E-state index contributed by atoms with van der Waals surface area (Å²) >= 11 is 11.6. The van der Waals surface area contributed by atoms with Crippen LogP contribution >= 0.6 is 23.2 Å². The predicted molar refractivity (Wildman–Crippen MR) is 151 cm³/mol. The molecule has 2 heterocycles. The van der Waals surface area contributed by atoms with Crippen molar-refractivity contribution in [1.82, 2.24) is 31.0 Å². The Hall–Kier alpha value is -4.17. The van der Waals surface area contributed by atoms with E-state index in [9.17, 15) is 22.4 Å². The molecule has 0 bridgehead atoms. The fourth-order valence-electron chi connectivity index (χ4n) is 4.46. The molecule has 1 atom stereocenters. The number of nitrogens with one attached hydrogen (secondary N) is 3. The number of rotatable bonds is 10. The lowest BCUT2D eigenvalue weighted by molar-refractivity contribution is -0.269. The molecular weight excluding hydrogens is 615 g/mol. The molecule has 0 saturated heterocycles. The van der Waals surface area contributed by atoms with Crippen LogP contribution < -0.4 is 16.3 Å². The Morgan fingerprint density at radius 1 is 1.12 bits per heavy atom. The van der Waals surface area contributed by atoms with Crippen LogP contribution in [0.25, 0.3) is 16.5 Å². The standard InChI is InChI=1S/C28H22Cl2F4N6O3/c29-22-12-17(13-23(30)25(22)31)27(28(32,33)34)14-24(39-43-27)20-6-7-21(19-5-2-1-4-18(19)20)26(41)36-8-9-38-42-11-3-10-40-16-35-15-37-40/h1-2,4-9,12-16,38-39H,3,10-11H2,(H,36,41). The lowest BCUT2D eigenvalue weighted by atomic mass is 9.90. The molecule has 0 aliphatic carbocycles. The zero-order valence-electron chi connectivity index (χ0n) is 22.0. The third-order valence-corrected chi connectivity index (χ3v) is 7.06. The van der Waals surface area contributed by atoms with Crippen LogP contribution in [-0.4, -0.2) is 33.5 Å². The zero-order valence-corrected chi connectivity index (χ0v) is 23.5. The first-order chi connectivity index (χ1) is 20.6. The minimum absolute atomic E-state index is 0.0258. The number of hydroxylamine groups is 2. The summed E-state index contributed by atoms with van der Waals surface area (Å²) < 4.78 is 59.0. The molecule has 5 rings (SSSR count). The molecule has 1 aromatic heterocycles. The molecule has 9 nitrogen and oxygen atoms in total. The maximum absolute atomic E-state index is 14.5. The second kappa shape index (κ2) is 12.6. The Morgan fingerprint density at radius 2 is 1.86 bits per heavy atom. The number of hydrogen-bond donors (Lipinski definition) is 3. The Kier molecular flexibility index (Phi) is 8.87. The number of carbonyl (C=O) groups excluding carboxylic acids is 1. The van der Waals surface area contributed by atoms with Crippen molar-refractivity contribution in [2.24, 2.45) is 0 Å². The molecule has 1 aliphatic heterocycles. The largest absolute Gasteiger partial charge is 0.428 e. The van der Waals surface area contributed by atoms with Gasteiger partial charge in [0.1, 0.15) is 12.7 Å². The first kappa shape index (κ1) is 30.3. The molecule has 43 heavy (non-hydrogen) atoms. The maximum atomic E-state index is 14.5. The summed E-state index contributed by atoms with van der Waals surface area (Å²) in [5, 5.41) is 6.38. The van der Waals surface area contributed by atoms with E-state index in [1.807, 2.05) is 0 Å². The van der Waals surface area contributed by atoms with Crippen molar-refractivity contribution in [3.05, 3.63) is 112 Å². The van der Waals surface area contributed by atoms with Gasteiger partial charge in [0.2, 0.25) is 5.60 Å². The Balaban J connectivity index is 1.34. The van der Waals surface area contributed by atoms with Gasteiger partial charge in [-0.1, -0.05) is 53.5 Å². The van der Waals surface area contributed by atoms with E-state index in [-0.39, 0.29) is 11.3 Å². The zero-order chi connectivity index (χ0) is 30.6. The lowest BCUT2D eigenvalue weighted by Crippen LogP contribution is -2.42. The number of fused-ring (bicyclic) bond motifs is 1. The number of aryl methyl sites for hydroxylation is 1. The summed E-state index contributed by atoms with van der Waals surface area (Å²) in [7, 11) is 0. The number of hydrogen-bond acceptors (Lipinski definition) is 7. The lowest BCUT2D eigenvalue weighted by Gasteiger charge is -2.28. The van der Waals surface area contributed by atoms with E-state index in [1.165, 1.54) is 30.9 Å². The summed E-state index contributed by atoms with van der Waals surface area (Å²) in [6, 6.07) is 11.3. The predicted octanol–water partition coefficient (Wildman–Crippen LogP) is 6.02. The quantitative estimate of drug-likeness (QED) is 0.0846. The number of carbonyl (C=O) groups is 1. The number of aromatic nitrogens is 3. The molecule has 1 aliphatic rings. The minimum Gasteiger partial charge on any atom is -0.327 e. The van der Waals surface area contributed by atoms with Crippen molar-refractivity contribution in [3.8, 4) is 0 Å². The highest BCUT2D eigenvalue weighted by Gasteiger charge is 2.60. The highest BCUT2D eigenvalue weighted by Crippen LogP contribution is 2.49. The van der Waals surface area contributed by atoms with Crippen molar-refractivity contribution < 1.29 is 32.0 Å². The first-order valence-corrected chi connectivity index (χ1v) is 13.4. The molecule has 3 aromatic carbocycles. The average Bonchev–Trinajstić information content (AvgIpc) is 3.67. The van der Waals surface area contributed by atoms with Gasteiger partial charge >= 0.3 is 6.18 Å². The fourth-order valence-corrected chi connectivity index (χ4v) is 4.95. The molecule has 15 heteroatoms. The summed E-state index contributed by atoms with van der Waals surface area (Å²) in [5.74, 6) is -1.51. The molecule has 1 unspecified atom stereocenters. The topological polar surface area (TPSA) is 102 Å². The van der Waals surface area contributed by atoms with Crippen LogP contribution in [0.4, 0.5) is 17.6 Å². The third-order valence-electron chi connectivity index (χ3n) is 6.51. The van der Waals surface area contributed by atoms with Crippen molar-refractivity contribution in [2.45, 2.75) is 24.7 Å². The second-order valence-corrected chi connectivity index (χ2v) is 10.1. The molecule has 0 fully saturated rings. The van der Waals surface area contributed by atoms with Crippen LogP contribution in [0.5, 0.6) is 0 Å². The SMILES string of the molecule is O=C(NC=CNOCCCn1cncn1)c1ccc(C2=CC(c3cc(Cl)c(F)c(Cl)c3)(C(F)(F)F)ON2)c2ccccc12. The molecular formula is C28H22Cl2F4N6O3. The van der Waals surface area contributed by atoms with Crippen molar-refractivity contribution >= 4 is 45.6 Å². The van der Waals surface area contributed by atoms with Gasteiger partial charge in [-0.3, -0.25) is 30.1 Å². The Labute approximate surface area is 252 Å². The number of amides is 1. The van der Waals surface area contributed by atoms with E-state index in [0.717, 1.165) is 18.2 Å². The Bertz CT molecular complexity index is 1670. The first-order valence-electron chi connectivity index (χ1n) is 12.7. The highest BCUT2D eigenvalue weighted by atomic mass is 35.5. The van der Waals surface area contributed by atoms with Crippen LogP contribution in [0.2, 0.25) is 10.0 Å². The highest BCUT2D eigenvalue weighted by molar-refractivity contribution is 6.35. The number of alkyl halides is 3. The molecule has 224 valence electrons. The van der Waals surface area contributed by atoms with Gasteiger partial charge in [0.05, 0.1) is 22.3 Å². The minimum atomic E-state index is -4.98. The van der Waals surface area contributed by atoms with Gasteiger partial charge in [0, 0.05) is 35.6 Å². The van der Waals surface area contributed by atoms with Gasteiger partial charge in [0.15, 0.2) is 5.82 Å². The van der Waals surface area contributed by atoms with Gasteiger partial charge in [-0.15, -0.1) is 0 Å². The monoisotopic (exact) mass is 636 g/mol. The third kappa shape index (κ3) is 6.30. The molecule has 0 spiro atoms. The average molecular weight is 637 g/mol. The van der Waals surface area contributed by atoms with Gasteiger partial charge in [-0.2, -0.15) is 18.3 Å². The van der Waals surface area contributed by atoms with E-state index < -0.39 is 39.1 Å². The summed E-state index contributed by atoms with van der Waals surface area (Å²) in [5.41, 5.74) is 2.00. The van der Waals surface area contributed by atoms with Crippen LogP contribution in [-0.2, 0) is 21.8 Å². The molecule has 0 radical (unpaired) electrons. The van der Waals surface area contributed by atoms with Gasteiger partial charge in [-0.25, -0.2) is 9.37 Å². The van der Waals surface area contributed by atoms with Gasteiger partial charge < -0.3 is 5.32 Å². The molecule has 4 aromatic rings. The molecule has 1 amide bonds. The maximum Gasteiger partial charge on any atom is 0.428 e. The van der Waals surface area contributed by atoms with Crippen LogP contribution in [0.3, 0.4) is 0 Å². The van der Waals surface area contributed by atoms with Crippen molar-refractivity contribution in [3.63, 3.8) is 0 Å². The second-order valence-electron chi connectivity index (χ2n) is 9.24.